The summed E-state index contributed by atoms with van der Waals surface area (Å²) in [6.07, 6.45) is -1.58. The third-order valence-electron chi connectivity index (χ3n) is 3.23. The Morgan fingerprint density at radius 3 is 2.30 bits per heavy atom. The summed E-state index contributed by atoms with van der Waals surface area (Å²) in [6, 6.07) is 9.71. The Balaban J connectivity index is 2.06. The van der Waals surface area contributed by atoms with E-state index >= 15 is 0 Å². The predicted octanol–water partition coefficient (Wildman–Crippen LogP) is 4.09. The topological polar surface area (TPSA) is 33.2 Å². The molecule has 0 aliphatic carbocycles. The number of aromatic nitrogens is 1. The Labute approximate surface area is 136 Å². The minimum absolute atomic E-state index is 0.126. The fraction of sp³-hybridized carbons (Fsp3) is 0.250. The highest BCUT2D eigenvalue weighted by molar-refractivity contribution is 7.98. The molecule has 1 aromatic heterocycles. The molecule has 0 bridgehead atoms. The summed E-state index contributed by atoms with van der Waals surface area (Å²) in [5, 5.41) is 0. The third kappa shape index (κ3) is 4.48. The highest BCUT2D eigenvalue weighted by atomic mass is 32.2. The van der Waals surface area contributed by atoms with Crippen molar-refractivity contribution in [2.45, 2.75) is 17.6 Å². The molecule has 0 atom stereocenters. The van der Waals surface area contributed by atoms with Crippen molar-refractivity contribution in [2.24, 2.45) is 0 Å². The van der Waals surface area contributed by atoms with Gasteiger partial charge in [-0.25, -0.2) is 0 Å². The van der Waals surface area contributed by atoms with E-state index in [0.717, 1.165) is 28.8 Å². The van der Waals surface area contributed by atoms with Gasteiger partial charge in [-0.15, -0.1) is 11.8 Å². The van der Waals surface area contributed by atoms with Crippen LogP contribution in [0, 0.1) is 0 Å². The quantitative estimate of drug-likeness (QED) is 0.786. The second-order valence-corrected chi connectivity index (χ2v) is 5.82. The first-order chi connectivity index (χ1) is 10.8. The molecule has 0 radical (unpaired) electrons. The summed E-state index contributed by atoms with van der Waals surface area (Å²) in [7, 11) is 1.60. The number of thioether (sulfide) groups is 1. The van der Waals surface area contributed by atoms with Gasteiger partial charge in [0.15, 0.2) is 0 Å². The van der Waals surface area contributed by atoms with Gasteiger partial charge >= 0.3 is 6.18 Å². The van der Waals surface area contributed by atoms with Gasteiger partial charge < -0.3 is 4.90 Å². The van der Waals surface area contributed by atoms with E-state index in [9.17, 15) is 18.0 Å². The van der Waals surface area contributed by atoms with Gasteiger partial charge in [-0.3, -0.25) is 9.78 Å². The van der Waals surface area contributed by atoms with Gasteiger partial charge in [-0.2, -0.15) is 13.2 Å². The Hall–Kier alpha value is -2.02. The largest absolute Gasteiger partial charge is 0.433 e. The molecule has 0 aliphatic heterocycles. The molecule has 0 aliphatic rings. The molecule has 0 unspecified atom stereocenters. The Bertz CT molecular complexity index is 669. The zero-order valence-electron chi connectivity index (χ0n) is 12.6. The normalized spacial score (nSPS) is 11.3. The van der Waals surface area contributed by atoms with Crippen molar-refractivity contribution in [3.8, 4) is 0 Å². The van der Waals surface area contributed by atoms with Crippen LogP contribution in [0.4, 0.5) is 13.2 Å². The Kier molecular flexibility index (Phi) is 5.30. The van der Waals surface area contributed by atoms with E-state index in [1.54, 1.807) is 18.8 Å². The summed E-state index contributed by atoms with van der Waals surface area (Å²) in [6.45, 7) is 0.370. The lowest BCUT2D eigenvalue weighted by molar-refractivity contribution is -0.141. The summed E-state index contributed by atoms with van der Waals surface area (Å²) in [4.78, 5) is 18.1. The van der Waals surface area contributed by atoms with Gasteiger partial charge in [0.1, 0.15) is 5.69 Å². The standard InChI is InChI=1S/C16H15F3N2OS/c1-21(10-11-3-6-13(23-2)7-4-11)15(22)12-5-8-14(20-9-12)16(17,18)19/h3-9H,10H2,1-2H3. The second-order valence-electron chi connectivity index (χ2n) is 4.94. The molecular formula is C16H15F3N2OS. The van der Waals surface area contributed by atoms with E-state index in [1.807, 2.05) is 30.5 Å². The average molecular weight is 340 g/mol. The molecule has 1 amide bonds. The van der Waals surface area contributed by atoms with E-state index in [-0.39, 0.29) is 11.5 Å². The highest BCUT2D eigenvalue weighted by Gasteiger charge is 2.32. The maximum Gasteiger partial charge on any atom is 0.433 e. The van der Waals surface area contributed by atoms with Crippen LogP contribution in [0.1, 0.15) is 21.6 Å². The SMILES string of the molecule is CSc1ccc(CN(C)C(=O)c2ccc(C(F)(F)F)nc2)cc1. The summed E-state index contributed by atoms with van der Waals surface area (Å²) in [5.41, 5.74) is 0.0594. The second kappa shape index (κ2) is 7.04. The maximum absolute atomic E-state index is 12.5. The van der Waals surface area contributed by atoms with Gasteiger partial charge in [0.05, 0.1) is 5.56 Å². The van der Waals surface area contributed by atoms with Gasteiger partial charge in [0.2, 0.25) is 0 Å². The van der Waals surface area contributed by atoms with Crippen molar-refractivity contribution in [1.82, 2.24) is 9.88 Å². The molecule has 0 saturated heterocycles. The zero-order valence-corrected chi connectivity index (χ0v) is 13.4. The number of nitrogens with zero attached hydrogens (tertiary/aromatic N) is 2. The van der Waals surface area contributed by atoms with Crippen molar-refractivity contribution in [3.05, 3.63) is 59.4 Å². The highest BCUT2D eigenvalue weighted by Crippen LogP contribution is 2.27. The van der Waals surface area contributed by atoms with Crippen molar-refractivity contribution in [2.75, 3.05) is 13.3 Å². The summed E-state index contributed by atoms with van der Waals surface area (Å²) in [5.74, 6) is -0.375. The number of hydrogen-bond acceptors (Lipinski definition) is 3. The number of benzene rings is 1. The number of amides is 1. The van der Waals surface area contributed by atoms with E-state index < -0.39 is 11.9 Å². The molecule has 2 aromatic rings. The molecule has 3 nitrogen and oxygen atoms in total. The van der Waals surface area contributed by atoms with Crippen LogP contribution in [0.15, 0.2) is 47.5 Å². The van der Waals surface area contributed by atoms with Crippen molar-refractivity contribution in [1.29, 1.82) is 0 Å². The van der Waals surface area contributed by atoms with Gasteiger partial charge in [0.25, 0.3) is 5.91 Å². The lowest BCUT2D eigenvalue weighted by Crippen LogP contribution is -2.26. The number of halogens is 3. The van der Waals surface area contributed by atoms with Gasteiger partial charge in [0, 0.05) is 24.7 Å². The smallest absolute Gasteiger partial charge is 0.337 e. The maximum atomic E-state index is 12.5. The van der Waals surface area contributed by atoms with Crippen LogP contribution >= 0.6 is 11.8 Å². The predicted molar refractivity (Wildman–Crippen MR) is 83.3 cm³/mol. The fourth-order valence-electron chi connectivity index (χ4n) is 1.99. The minimum atomic E-state index is -4.51. The first-order valence-electron chi connectivity index (χ1n) is 6.73. The zero-order chi connectivity index (χ0) is 17.0. The molecule has 2 rings (SSSR count). The van der Waals surface area contributed by atoms with Crippen LogP contribution < -0.4 is 0 Å². The lowest BCUT2D eigenvalue weighted by Gasteiger charge is -2.17. The average Bonchev–Trinajstić information content (AvgIpc) is 2.54. The van der Waals surface area contributed by atoms with Crippen molar-refractivity contribution < 1.29 is 18.0 Å². The van der Waals surface area contributed by atoms with Crippen molar-refractivity contribution in [3.63, 3.8) is 0 Å². The monoisotopic (exact) mass is 340 g/mol. The first-order valence-corrected chi connectivity index (χ1v) is 7.95. The van der Waals surface area contributed by atoms with E-state index in [4.69, 9.17) is 0 Å². The van der Waals surface area contributed by atoms with E-state index in [2.05, 4.69) is 4.98 Å². The van der Waals surface area contributed by atoms with Crippen LogP contribution in [-0.2, 0) is 12.7 Å². The summed E-state index contributed by atoms with van der Waals surface area (Å²) < 4.78 is 37.4. The first kappa shape index (κ1) is 17.3. The Morgan fingerprint density at radius 1 is 1.17 bits per heavy atom. The number of carbonyl (C=O) groups excluding carboxylic acids is 1. The molecule has 1 heterocycles. The van der Waals surface area contributed by atoms with Crippen LogP contribution in [-0.4, -0.2) is 29.1 Å². The van der Waals surface area contributed by atoms with E-state index in [1.165, 1.54) is 4.90 Å². The van der Waals surface area contributed by atoms with Crippen LogP contribution in [0.25, 0.3) is 0 Å². The fourth-order valence-corrected chi connectivity index (χ4v) is 2.39. The lowest BCUT2D eigenvalue weighted by atomic mass is 10.2. The molecule has 0 saturated carbocycles. The molecule has 122 valence electrons. The minimum Gasteiger partial charge on any atom is -0.337 e. The number of pyridine rings is 1. The number of carbonyl (C=O) groups is 1. The van der Waals surface area contributed by atoms with Gasteiger partial charge in [-0.1, -0.05) is 12.1 Å². The Morgan fingerprint density at radius 2 is 1.83 bits per heavy atom. The summed E-state index contributed by atoms with van der Waals surface area (Å²) >= 11 is 1.62. The van der Waals surface area contributed by atoms with E-state index in [0.29, 0.717) is 6.54 Å². The molecule has 1 aromatic carbocycles. The van der Waals surface area contributed by atoms with Crippen molar-refractivity contribution >= 4 is 17.7 Å². The van der Waals surface area contributed by atoms with Crippen LogP contribution in [0.5, 0.6) is 0 Å². The van der Waals surface area contributed by atoms with Crippen LogP contribution in [0.3, 0.4) is 0 Å². The van der Waals surface area contributed by atoms with Crippen LogP contribution in [0.2, 0.25) is 0 Å². The number of rotatable bonds is 4. The molecule has 0 fully saturated rings. The molecular weight excluding hydrogens is 325 g/mol. The molecule has 7 heteroatoms. The number of alkyl halides is 3. The molecule has 0 N–H and O–H groups in total. The molecule has 23 heavy (non-hydrogen) atoms. The third-order valence-corrected chi connectivity index (χ3v) is 3.97. The molecule has 0 spiro atoms. The van der Waals surface area contributed by atoms with Gasteiger partial charge in [-0.05, 0) is 36.1 Å². The number of hydrogen-bond donors (Lipinski definition) is 0.